The van der Waals surface area contributed by atoms with E-state index in [4.69, 9.17) is 35.2 Å². The highest BCUT2D eigenvalue weighted by Crippen LogP contribution is 2.15. The molecule has 0 aromatic heterocycles. The van der Waals surface area contributed by atoms with E-state index in [2.05, 4.69) is 0 Å². The number of hydrogen-bond acceptors (Lipinski definition) is 8. The van der Waals surface area contributed by atoms with Crippen molar-refractivity contribution in [1.29, 1.82) is 0 Å². The fraction of sp³-hybridized carbons (Fsp3) is 0.467. The van der Waals surface area contributed by atoms with Crippen LogP contribution in [0.3, 0.4) is 0 Å². The summed E-state index contributed by atoms with van der Waals surface area (Å²) in [5.74, 6) is -2.99. The number of aromatic carboxylic acids is 2. The fourth-order valence-corrected chi connectivity index (χ4v) is 1.77. The Morgan fingerprint density at radius 2 is 1.26 bits per heavy atom. The van der Waals surface area contributed by atoms with Gasteiger partial charge in [0.2, 0.25) is 0 Å². The fourth-order valence-electron chi connectivity index (χ4n) is 1.22. The number of aliphatic hydroxyl groups excluding tert-OH is 4. The normalized spacial score (nSPS) is 11.3. The summed E-state index contributed by atoms with van der Waals surface area (Å²) in [6, 6.07) is 2.13. The largest absolute Gasteiger partial charge is 0.478 e. The maximum Gasteiger partial charge on any atom is 0.335 e. The molecular formula is C15H24O11S. The minimum Gasteiger partial charge on any atom is -0.478 e. The second kappa shape index (κ2) is 14.0. The molecule has 0 heterocycles. The van der Waals surface area contributed by atoms with Crippen molar-refractivity contribution < 1.29 is 53.2 Å². The number of aliphatic hydroxyl groups is 4. The van der Waals surface area contributed by atoms with Gasteiger partial charge in [0.05, 0.1) is 28.7 Å². The Kier molecular flexibility index (Phi) is 14.1. The standard InChI is InChI=1S/C8H6O7S.C4H10O2.C3H8O2/c9-7(10)4-1-5(8(11)12)3-6(2-4)16(13,14)15;5-3-1-2-4-6;1-3(5)2-4/h1-3H,(H,9,10)(H,11,12)(H,13,14,15);5-6H,1-4H2;3-5H,2H2,1H3. The number of carboxylic acid groups (broad SMARTS) is 2. The molecule has 0 spiro atoms. The molecule has 0 amide bonds. The molecule has 156 valence electrons. The van der Waals surface area contributed by atoms with Gasteiger partial charge in [-0.15, -0.1) is 0 Å². The Bertz CT molecular complexity index is 647. The third kappa shape index (κ3) is 13.7. The van der Waals surface area contributed by atoms with Gasteiger partial charge >= 0.3 is 11.9 Å². The SMILES string of the molecule is CC(O)CO.O=C(O)c1cc(C(=O)O)cc(S(=O)(=O)O)c1.OCCCCO. The van der Waals surface area contributed by atoms with E-state index >= 15 is 0 Å². The number of rotatable bonds is 7. The summed E-state index contributed by atoms with van der Waals surface area (Å²) in [5.41, 5.74) is -1.07. The lowest BCUT2D eigenvalue weighted by Gasteiger charge is -2.02. The molecule has 11 nitrogen and oxygen atoms in total. The van der Waals surface area contributed by atoms with Gasteiger partial charge in [0.25, 0.3) is 10.1 Å². The van der Waals surface area contributed by atoms with E-state index in [1.807, 2.05) is 0 Å². The van der Waals surface area contributed by atoms with Crippen LogP contribution in [0.25, 0.3) is 0 Å². The van der Waals surface area contributed by atoms with Crippen LogP contribution in [0.5, 0.6) is 0 Å². The van der Waals surface area contributed by atoms with Gasteiger partial charge in [0.15, 0.2) is 0 Å². The van der Waals surface area contributed by atoms with E-state index < -0.39 is 44.2 Å². The third-order valence-electron chi connectivity index (χ3n) is 2.53. The molecule has 0 aliphatic heterocycles. The molecule has 1 aromatic carbocycles. The van der Waals surface area contributed by atoms with E-state index in [1.165, 1.54) is 6.92 Å². The van der Waals surface area contributed by atoms with Crippen molar-refractivity contribution in [2.75, 3.05) is 19.8 Å². The minimum atomic E-state index is -4.64. The smallest absolute Gasteiger partial charge is 0.335 e. The Hall–Kier alpha value is -2.09. The van der Waals surface area contributed by atoms with Crippen LogP contribution < -0.4 is 0 Å². The average Bonchev–Trinajstić information content (AvgIpc) is 2.59. The quantitative estimate of drug-likeness (QED) is 0.223. The molecule has 1 aromatic rings. The van der Waals surface area contributed by atoms with Gasteiger partial charge in [0.1, 0.15) is 0 Å². The van der Waals surface area contributed by atoms with Gasteiger partial charge in [0, 0.05) is 13.2 Å². The molecule has 12 heteroatoms. The first kappa shape index (κ1) is 27.1. The lowest BCUT2D eigenvalue weighted by Crippen LogP contribution is -2.07. The van der Waals surface area contributed by atoms with Crippen LogP contribution in [0.15, 0.2) is 23.1 Å². The molecule has 0 radical (unpaired) electrons. The first-order chi connectivity index (χ1) is 12.4. The number of unbranched alkanes of at least 4 members (excludes halogenated alkanes) is 1. The maximum atomic E-state index is 10.8. The van der Waals surface area contributed by atoms with Crippen molar-refractivity contribution in [2.24, 2.45) is 0 Å². The van der Waals surface area contributed by atoms with E-state index in [0.717, 1.165) is 18.9 Å². The molecule has 7 N–H and O–H groups in total. The van der Waals surface area contributed by atoms with Crippen LogP contribution in [-0.2, 0) is 10.1 Å². The van der Waals surface area contributed by atoms with Gasteiger partial charge in [-0.2, -0.15) is 8.42 Å². The zero-order chi connectivity index (χ0) is 21.6. The van der Waals surface area contributed by atoms with Gasteiger partial charge in [-0.1, -0.05) is 0 Å². The first-order valence-corrected chi connectivity index (χ1v) is 8.94. The minimum absolute atomic E-state index is 0.139. The Balaban J connectivity index is 0. The lowest BCUT2D eigenvalue weighted by atomic mass is 10.1. The zero-order valence-corrected chi connectivity index (χ0v) is 15.3. The molecule has 1 unspecified atom stereocenters. The maximum absolute atomic E-state index is 10.8. The highest BCUT2D eigenvalue weighted by molar-refractivity contribution is 7.85. The lowest BCUT2D eigenvalue weighted by molar-refractivity contribution is 0.0696. The second-order valence-corrected chi connectivity index (χ2v) is 6.44. The number of hydrogen-bond donors (Lipinski definition) is 7. The summed E-state index contributed by atoms with van der Waals surface area (Å²) >= 11 is 0. The van der Waals surface area contributed by atoms with Crippen LogP contribution in [0, 0.1) is 0 Å². The summed E-state index contributed by atoms with van der Waals surface area (Å²) in [5, 5.41) is 49.4. The molecule has 27 heavy (non-hydrogen) atoms. The van der Waals surface area contributed by atoms with Crippen LogP contribution in [0.4, 0.5) is 0 Å². The zero-order valence-electron chi connectivity index (χ0n) is 14.5. The second-order valence-electron chi connectivity index (χ2n) is 5.02. The molecule has 1 atom stereocenters. The van der Waals surface area contributed by atoms with Crippen molar-refractivity contribution in [2.45, 2.75) is 30.8 Å². The molecule has 0 fully saturated rings. The van der Waals surface area contributed by atoms with Crippen molar-refractivity contribution in [3.8, 4) is 0 Å². The van der Waals surface area contributed by atoms with Gasteiger partial charge < -0.3 is 30.6 Å². The summed E-state index contributed by atoms with van der Waals surface area (Å²) in [7, 11) is -4.64. The third-order valence-corrected chi connectivity index (χ3v) is 3.36. The van der Waals surface area contributed by atoms with Crippen LogP contribution >= 0.6 is 0 Å². The highest BCUT2D eigenvalue weighted by Gasteiger charge is 2.17. The van der Waals surface area contributed by atoms with E-state index in [9.17, 15) is 18.0 Å². The van der Waals surface area contributed by atoms with Crippen molar-refractivity contribution in [1.82, 2.24) is 0 Å². The van der Waals surface area contributed by atoms with E-state index in [1.54, 1.807) is 0 Å². The van der Waals surface area contributed by atoms with Gasteiger partial charge in [-0.3, -0.25) is 4.55 Å². The Morgan fingerprint density at radius 3 is 1.44 bits per heavy atom. The summed E-state index contributed by atoms with van der Waals surface area (Å²) in [6.45, 7) is 1.78. The van der Waals surface area contributed by atoms with E-state index in [-0.39, 0.29) is 19.8 Å². The summed E-state index contributed by atoms with van der Waals surface area (Å²) in [4.78, 5) is 20.4. The number of benzene rings is 1. The van der Waals surface area contributed by atoms with Crippen molar-refractivity contribution in [3.63, 3.8) is 0 Å². The van der Waals surface area contributed by atoms with Crippen LogP contribution in [0.1, 0.15) is 40.5 Å². The van der Waals surface area contributed by atoms with Gasteiger partial charge in [-0.05, 0) is 38.0 Å². The first-order valence-electron chi connectivity index (χ1n) is 7.50. The molecule has 1 rings (SSSR count). The van der Waals surface area contributed by atoms with Gasteiger partial charge in [-0.25, -0.2) is 9.59 Å². The van der Waals surface area contributed by atoms with Crippen LogP contribution in [0.2, 0.25) is 0 Å². The molecule has 0 bridgehead atoms. The number of carboxylic acids is 2. The summed E-state index contributed by atoms with van der Waals surface area (Å²) in [6.07, 6.45) is 0.877. The molecule has 0 saturated carbocycles. The summed E-state index contributed by atoms with van der Waals surface area (Å²) < 4.78 is 30.2. The van der Waals surface area contributed by atoms with Crippen molar-refractivity contribution >= 4 is 22.1 Å². The Morgan fingerprint density at radius 1 is 0.926 bits per heavy atom. The molecule has 0 aliphatic carbocycles. The highest BCUT2D eigenvalue weighted by atomic mass is 32.2. The topological polar surface area (TPSA) is 210 Å². The van der Waals surface area contributed by atoms with E-state index in [0.29, 0.717) is 12.1 Å². The Labute approximate surface area is 155 Å². The average molecular weight is 412 g/mol. The molecule has 0 saturated heterocycles. The molecular weight excluding hydrogens is 388 g/mol. The predicted molar refractivity (Wildman–Crippen MR) is 92.3 cm³/mol. The van der Waals surface area contributed by atoms with Crippen molar-refractivity contribution in [3.05, 3.63) is 29.3 Å². The molecule has 0 aliphatic rings. The number of carbonyl (C=O) groups is 2. The van der Waals surface area contributed by atoms with Crippen LogP contribution in [-0.4, -0.2) is 81.5 Å². The predicted octanol–water partition coefficient (Wildman–Crippen LogP) is -0.560. The monoisotopic (exact) mass is 412 g/mol.